The number of hydrogen-bond donors (Lipinski definition) is 1. The smallest absolute Gasteiger partial charge is 0.243 e. The molecule has 1 aromatic heterocycles. The molecule has 0 bridgehead atoms. The van der Waals surface area contributed by atoms with Gasteiger partial charge in [-0.3, -0.25) is 9.59 Å². The van der Waals surface area contributed by atoms with Gasteiger partial charge in [-0.2, -0.15) is 0 Å². The van der Waals surface area contributed by atoms with E-state index in [-0.39, 0.29) is 30.6 Å². The van der Waals surface area contributed by atoms with Crippen molar-refractivity contribution in [1.82, 2.24) is 9.88 Å². The Morgan fingerprint density at radius 3 is 2.62 bits per heavy atom. The molecule has 26 heavy (non-hydrogen) atoms. The van der Waals surface area contributed by atoms with Crippen molar-refractivity contribution in [1.29, 1.82) is 0 Å². The first-order chi connectivity index (χ1) is 12.5. The van der Waals surface area contributed by atoms with Crippen molar-refractivity contribution < 1.29 is 18.4 Å². The summed E-state index contributed by atoms with van der Waals surface area (Å²) < 4.78 is 18.4. The van der Waals surface area contributed by atoms with Crippen LogP contribution < -0.4 is 5.32 Å². The van der Waals surface area contributed by atoms with Gasteiger partial charge in [-0.25, -0.2) is 9.37 Å². The van der Waals surface area contributed by atoms with Gasteiger partial charge in [-0.1, -0.05) is 12.1 Å². The van der Waals surface area contributed by atoms with Gasteiger partial charge in [0.2, 0.25) is 11.8 Å². The highest BCUT2D eigenvalue weighted by Crippen LogP contribution is 2.16. The molecule has 0 radical (unpaired) electrons. The third-order valence-corrected chi connectivity index (χ3v) is 3.83. The summed E-state index contributed by atoms with van der Waals surface area (Å²) in [6.45, 7) is -0.0935. The van der Waals surface area contributed by atoms with Crippen LogP contribution in [0.25, 0.3) is 11.1 Å². The largest absolute Gasteiger partial charge is 0.441 e. The van der Waals surface area contributed by atoms with Crippen molar-refractivity contribution in [3.05, 3.63) is 60.2 Å². The first-order valence-corrected chi connectivity index (χ1v) is 8.15. The second kappa shape index (κ2) is 7.77. The molecule has 0 atom stereocenters. The fraction of sp³-hybridized carbons (Fsp3) is 0.211. The molecule has 0 saturated heterocycles. The number of halogens is 1. The fourth-order valence-corrected chi connectivity index (χ4v) is 2.47. The number of nitrogens with zero attached hydrogens (tertiary/aromatic N) is 2. The molecule has 0 aliphatic rings. The number of oxazole rings is 1. The molecule has 2 amide bonds. The van der Waals surface area contributed by atoms with Crippen LogP contribution in [0, 0.1) is 5.82 Å². The summed E-state index contributed by atoms with van der Waals surface area (Å²) in [5, 5.41) is 2.62. The van der Waals surface area contributed by atoms with E-state index >= 15 is 0 Å². The third-order valence-electron chi connectivity index (χ3n) is 3.83. The molecule has 0 fully saturated rings. The van der Waals surface area contributed by atoms with Crippen molar-refractivity contribution in [2.45, 2.75) is 12.8 Å². The minimum atomic E-state index is -0.380. The van der Waals surface area contributed by atoms with Crippen LogP contribution in [-0.2, 0) is 16.0 Å². The molecule has 7 heteroatoms. The maximum Gasteiger partial charge on any atom is 0.243 e. The van der Waals surface area contributed by atoms with Crippen LogP contribution in [0.15, 0.2) is 52.9 Å². The number of hydrogen-bond acceptors (Lipinski definition) is 4. The van der Waals surface area contributed by atoms with Crippen LogP contribution in [0.1, 0.15) is 12.3 Å². The molecule has 1 N–H and O–H groups in total. The van der Waals surface area contributed by atoms with Crippen LogP contribution in [0.4, 0.5) is 10.1 Å². The van der Waals surface area contributed by atoms with Gasteiger partial charge in [0.05, 0.1) is 6.54 Å². The molecule has 0 saturated carbocycles. The zero-order chi connectivity index (χ0) is 18.5. The lowest BCUT2D eigenvalue weighted by molar-refractivity contribution is -0.133. The Hall–Kier alpha value is -3.22. The average molecular weight is 355 g/mol. The van der Waals surface area contributed by atoms with E-state index < -0.39 is 0 Å². The Bertz CT molecular complexity index is 888. The maximum absolute atomic E-state index is 12.9. The molecular weight excluding hydrogens is 337 g/mol. The second-order valence-electron chi connectivity index (χ2n) is 5.88. The Kier molecular flexibility index (Phi) is 5.26. The minimum absolute atomic E-state index is 0.0935. The average Bonchev–Trinajstić information content (AvgIpc) is 3.04. The van der Waals surface area contributed by atoms with Gasteiger partial charge in [0.15, 0.2) is 11.5 Å². The lowest BCUT2D eigenvalue weighted by Gasteiger charge is -2.16. The van der Waals surface area contributed by atoms with Gasteiger partial charge in [-0.05, 0) is 36.4 Å². The number of benzene rings is 2. The lowest BCUT2D eigenvalue weighted by atomic mass is 10.2. The molecule has 0 unspecified atom stereocenters. The molecule has 2 aromatic carbocycles. The molecule has 3 aromatic rings. The van der Waals surface area contributed by atoms with Crippen molar-refractivity contribution in [3.63, 3.8) is 0 Å². The normalized spacial score (nSPS) is 10.7. The highest BCUT2D eigenvalue weighted by molar-refractivity contribution is 5.94. The van der Waals surface area contributed by atoms with Crippen molar-refractivity contribution in [3.8, 4) is 0 Å². The first kappa shape index (κ1) is 17.6. The molecule has 134 valence electrons. The van der Waals surface area contributed by atoms with Crippen molar-refractivity contribution in [2.75, 3.05) is 18.9 Å². The van der Waals surface area contributed by atoms with Gasteiger partial charge in [0.1, 0.15) is 11.3 Å². The molecule has 0 spiro atoms. The quantitative estimate of drug-likeness (QED) is 0.738. The highest BCUT2D eigenvalue weighted by Gasteiger charge is 2.15. The number of nitrogens with one attached hydrogen (secondary N) is 1. The third kappa shape index (κ3) is 4.44. The lowest BCUT2D eigenvalue weighted by Crippen LogP contribution is -2.35. The van der Waals surface area contributed by atoms with E-state index in [0.29, 0.717) is 23.6 Å². The zero-order valence-corrected chi connectivity index (χ0v) is 14.2. The van der Waals surface area contributed by atoms with E-state index in [9.17, 15) is 14.0 Å². The first-order valence-electron chi connectivity index (χ1n) is 8.15. The number of para-hydroxylation sites is 2. The van der Waals surface area contributed by atoms with E-state index in [2.05, 4.69) is 10.3 Å². The van der Waals surface area contributed by atoms with E-state index in [1.165, 1.54) is 29.2 Å². The minimum Gasteiger partial charge on any atom is -0.441 e. The molecule has 6 nitrogen and oxygen atoms in total. The monoisotopic (exact) mass is 355 g/mol. The zero-order valence-electron chi connectivity index (χ0n) is 14.2. The number of rotatable bonds is 6. The molecule has 1 heterocycles. The van der Waals surface area contributed by atoms with Crippen LogP contribution in [0.5, 0.6) is 0 Å². The Labute approximate surface area is 149 Å². The summed E-state index contributed by atoms with van der Waals surface area (Å²) in [4.78, 5) is 29.8. The van der Waals surface area contributed by atoms with E-state index in [0.717, 1.165) is 5.52 Å². The number of aromatic nitrogens is 1. The van der Waals surface area contributed by atoms with Crippen molar-refractivity contribution in [2.24, 2.45) is 0 Å². The Morgan fingerprint density at radius 1 is 1.15 bits per heavy atom. The molecule has 0 aliphatic carbocycles. The summed E-state index contributed by atoms with van der Waals surface area (Å²) in [7, 11) is 1.55. The van der Waals surface area contributed by atoms with Gasteiger partial charge in [0, 0.05) is 25.6 Å². The number of likely N-dealkylation sites (N-methyl/N-ethyl adjacent to an activating group) is 1. The standard InChI is InChI=1S/C19H18FN3O3/c1-23(12-17(24)21-14-8-6-13(20)7-9-14)19(25)11-10-18-22-15-4-2-3-5-16(15)26-18/h2-9H,10-12H2,1H3,(H,21,24). The second-order valence-corrected chi connectivity index (χ2v) is 5.88. The molecular formula is C19H18FN3O3. The van der Waals surface area contributed by atoms with Gasteiger partial charge in [0.25, 0.3) is 0 Å². The van der Waals surface area contributed by atoms with Crippen LogP contribution in [0.3, 0.4) is 0 Å². The summed E-state index contributed by atoms with van der Waals surface area (Å²) in [5.41, 5.74) is 1.91. The van der Waals surface area contributed by atoms with E-state index in [1.807, 2.05) is 24.3 Å². The topological polar surface area (TPSA) is 75.4 Å². The van der Waals surface area contributed by atoms with Crippen LogP contribution in [0.2, 0.25) is 0 Å². The number of anilines is 1. The van der Waals surface area contributed by atoms with E-state index in [1.54, 1.807) is 7.05 Å². The van der Waals surface area contributed by atoms with Crippen molar-refractivity contribution >= 4 is 28.6 Å². The Morgan fingerprint density at radius 2 is 1.88 bits per heavy atom. The predicted octanol–water partition coefficient (Wildman–Crippen LogP) is 3.00. The van der Waals surface area contributed by atoms with Gasteiger partial charge >= 0.3 is 0 Å². The summed E-state index contributed by atoms with van der Waals surface area (Å²) in [5.74, 6) is -0.436. The number of carbonyl (C=O) groups excluding carboxylic acids is 2. The maximum atomic E-state index is 12.9. The summed E-state index contributed by atoms with van der Waals surface area (Å²) in [6, 6.07) is 12.8. The number of aryl methyl sites for hydroxylation is 1. The number of amides is 2. The SMILES string of the molecule is CN(CC(=O)Nc1ccc(F)cc1)C(=O)CCc1nc2ccccc2o1. The Balaban J connectivity index is 1.49. The van der Waals surface area contributed by atoms with Gasteiger partial charge < -0.3 is 14.6 Å². The summed E-state index contributed by atoms with van der Waals surface area (Å²) >= 11 is 0. The fourth-order valence-electron chi connectivity index (χ4n) is 2.47. The van der Waals surface area contributed by atoms with E-state index in [4.69, 9.17) is 4.42 Å². The van der Waals surface area contributed by atoms with Crippen LogP contribution >= 0.6 is 0 Å². The highest BCUT2D eigenvalue weighted by atomic mass is 19.1. The molecule has 0 aliphatic heterocycles. The number of carbonyl (C=O) groups is 2. The predicted molar refractivity (Wildman–Crippen MR) is 95.0 cm³/mol. The summed E-state index contributed by atoms with van der Waals surface area (Å²) in [6.07, 6.45) is 0.546. The molecule has 3 rings (SSSR count). The number of fused-ring (bicyclic) bond motifs is 1. The van der Waals surface area contributed by atoms with Gasteiger partial charge in [-0.15, -0.1) is 0 Å². The van der Waals surface area contributed by atoms with Crippen LogP contribution in [-0.4, -0.2) is 35.3 Å².